The van der Waals surface area contributed by atoms with Crippen molar-refractivity contribution in [1.82, 2.24) is 30.6 Å². The first-order chi connectivity index (χ1) is 15.0. The minimum atomic E-state index is -0.994. The van der Waals surface area contributed by atoms with Crippen LogP contribution in [0.2, 0.25) is 0 Å². The van der Waals surface area contributed by atoms with Crippen LogP contribution in [0.4, 0.5) is 20.4 Å². The van der Waals surface area contributed by atoms with Crippen molar-refractivity contribution < 1.29 is 13.5 Å². The summed E-state index contributed by atoms with van der Waals surface area (Å²) >= 11 is 1.60. The number of nitrogens with zero attached hydrogens (tertiary/aromatic N) is 5. The van der Waals surface area contributed by atoms with E-state index in [2.05, 4.69) is 49.8 Å². The highest BCUT2D eigenvalue weighted by Crippen LogP contribution is 2.35. The highest BCUT2D eigenvalue weighted by atomic mass is 32.2. The van der Waals surface area contributed by atoms with E-state index in [0.29, 0.717) is 34.0 Å². The lowest BCUT2D eigenvalue weighted by Crippen LogP contribution is -2.00. The number of benzene rings is 1. The largest absolute Gasteiger partial charge is 0.453 e. The molecule has 0 fully saturated rings. The van der Waals surface area contributed by atoms with Crippen molar-refractivity contribution in [3.05, 3.63) is 60.4 Å². The normalized spacial score (nSPS) is 11.0. The highest BCUT2D eigenvalue weighted by molar-refractivity contribution is 7.99. The molecule has 0 saturated heterocycles. The summed E-state index contributed by atoms with van der Waals surface area (Å²) in [6, 6.07) is 8.64. The number of aromatic nitrogens is 6. The molecule has 0 atom stereocenters. The van der Waals surface area contributed by atoms with Gasteiger partial charge in [0.05, 0.1) is 0 Å². The van der Waals surface area contributed by atoms with Crippen LogP contribution in [0.5, 0.6) is 11.5 Å². The average molecular weight is 441 g/mol. The van der Waals surface area contributed by atoms with E-state index in [-0.39, 0.29) is 5.75 Å². The van der Waals surface area contributed by atoms with Gasteiger partial charge < -0.3 is 10.1 Å². The summed E-state index contributed by atoms with van der Waals surface area (Å²) in [5, 5.41) is 17.1. The van der Waals surface area contributed by atoms with Crippen molar-refractivity contribution in [2.45, 2.75) is 24.0 Å². The molecule has 3 aromatic heterocycles. The number of hydrogen-bond acceptors (Lipinski definition) is 8. The minimum Gasteiger partial charge on any atom is -0.453 e. The number of thioether (sulfide) groups is 1. The topological polar surface area (TPSA) is 102 Å². The first-order valence-electron chi connectivity index (χ1n) is 9.24. The average Bonchev–Trinajstić information content (AvgIpc) is 3.28. The van der Waals surface area contributed by atoms with E-state index in [1.165, 1.54) is 6.07 Å². The van der Waals surface area contributed by atoms with E-state index in [4.69, 9.17) is 4.74 Å². The molecule has 3 heterocycles. The molecular formula is C20H17F2N7OS. The van der Waals surface area contributed by atoms with Gasteiger partial charge in [-0.15, -0.1) is 22.0 Å². The van der Waals surface area contributed by atoms with Crippen LogP contribution in [-0.4, -0.2) is 35.8 Å². The second-order valence-electron chi connectivity index (χ2n) is 6.65. The van der Waals surface area contributed by atoms with E-state index in [1.54, 1.807) is 42.4 Å². The van der Waals surface area contributed by atoms with Crippen LogP contribution in [0.15, 0.2) is 53.7 Å². The van der Waals surface area contributed by atoms with Crippen LogP contribution in [-0.2, 0) is 0 Å². The number of rotatable bonds is 7. The number of nitrogens with one attached hydrogen (secondary N) is 2. The van der Waals surface area contributed by atoms with E-state index in [1.807, 2.05) is 0 Å². The third kappa shape index (κ3) is 5.12. The predicted molar refractivity (Wildman–Crippen MR) is 112 cm³/mol. The van der Waals surface area contributed by atoms with E-state index >= 15 is 0 Å². The maximum Gasteiger partial charge on any atom is 0.206 e. The molecule has 11 heteroatoms. The SMILES string of the molecule is CC(C)Sc1cnc(Nc2ccc(-c3nn[nH]n3)cn2)c(Oc2ccc(F)c(F)c2)c1. The van der Waals surface area contributed by atoms with Gasteiger partial charge in [-0.1, -0.05) is 13.8 Å². The van der Waals surface area contributed by atoms with E-state index in [9.17, 15) is 8.78 Å². The monoisotopic (exact) mass is 441 g/mol. The Hall–Kier alpha value is -3.60. The van der Waals surface area contributed by atoms with Gasteiger partial charge in [-0.05, 0) is 35.5 Å². The Balaban J connectivity index is 1.61. The Kier molecular flexibility index (Phi) is 6.03. The minimum absolute atomic E-state index is 0.149. The molecule has 2 N–H and O–H groups in total. The number of pyridine rings is 2. The molecule has 158 valence electrons. The van der Waals surface area contributed by atoms with Crippen LogP contribution in [0.25, 0.3) is 11.4 Å². The first kappa shape index (κ1) is 20.7. The van der Waals surface area contributed by atoms with Gasteiger partial charge in [0.15, 0.2) is 23.2 Å². The molecule has 0 bridgehead atoms. The molecule has 4 aromatic rings. The Morgan fingerprint density at radius 3 is 2.58 bits per heavy atom. The zero-order valence-electron chi connectivity index (χ0n) is 16.5. The number of halogens is 2. The van der Waals surface area contributed by atoms with Crippen LogP contribution < -0.4 is 10.1 Å². The number of anilines is 2. The Bertz CT molecular complexity index is 1170. The van der Waals surface area contributed by atoms with E-state index < -0.39 is 11.6 Å². The number of tetrazole rings is 1. The molecule has 0 aliphatic rings. The third-order valence-electron chi connectivity index (χ3n) is 3.93. The summed E-state index contributed by atoms with van der Waals surface area (Å²) < 4.78 is 32.7. The molecule has 0 aliphatic carbocycles. The maximum absolute atomic E-state index is 13.6. The predicted octanol–water partition coefficient (Wildman–Crippen LogP) is 4.97. The van der Waals surface area contributed by atoms with Gasteiger partial charge in [-0.25, -0.2) is 18.7 Å². The molecular weight excluding hydrogens is 424 g/mol. The molecule has 31 heavy (non-hydrogen) atoms. The first-order valence-corrected chi connectivity index (χ1v) is 10.1. The smallest absolute Gasteiger partial charge is 0.206 e. The molecule has 4 rings (SSSR count). The zero-order chi connectivity index (χ0) is 21.8. The summed E-state index contributed by atoms with van der Waals surface area (Å²) in [6.45, 7) is 4.11. The fraction of sp³-hybridized carbons (Fsp3) is 0.150. The Morgan fingerprint density at radius 2 is 1.90 bits per heavy atom. The lowest BCUT2D eigenvalue weighted by molar-refractivity contribution is 0.460. The van der Waals surface area contributed by atoms with Crippen LogP contribution >= 0.6 is 11.8 Å². The standard InChI is InChI=1S/C20H17F2N7OS/c1-11(2)31-14-8-17(30-13-4-5-15(21)16(22)7-13)20(24-10-14)25-18-6-3-12(9-23-18)19-26-28-29-27-19/h3-11H,1-2H3,(H,23,24,25)(H,26,27,28,29). The van der Waals surface area contributed by atoms with Crippen molar-refractivity contribution in [1.29, 1.82) is 0 Å². The second-order valence-corrected chi connectivity index (χ2v) is 8.30. The van der Waals surface area contributed by atoms with Gasteiger partial charge in [-0.2, -0.15) is 5.21 Å². The summed E-state index contributed by atoms with van der Waals surface area (Å²) in [7, 11) is 0. The van der Waals surface area contributed by atoms with Gasteiger partial charge in [-0.3, -0.25) is 0 Å². The number of aromatic amines is 1. The lowest BCUT2D eigenvalue weighted by atomic mass is 10.2. The van der Waals surface area contributed by atoms with Crippen molar-refractivity contribution in [2.75, 3.05) is 5.32 Å². The molecule has 0 amide bonds. The fourth-order valence-electron chi connectivity index (χ4n) is 2.61. The fourth-order valence-corrected chi connectivity index (χ4v) is 3.44. The summed E-state index contributed by atoms with van der Waals surface area (Å²) in [4.78, 5) is 9.64. The quantitative estimate of drug-likeness (QED) is 0.388. The van der Waals surface area contributed by atoms with Gasteiger partial charge >= 0.3 is 0 Å². The molecule has 1 aromatic carbocycles. The zero-order valence-corrected chi connectivity index (χ0v) is 17.3. The summed E-state index contributed by atoms with van der Waals surface area (Å²) in [6.07, 6.45) is 3.30. The number of ether oxygens (including phenoxy) is 1. The molecule has 0 saturated carbocycles. The van der Waals surface area contributed by atoms with Gasteiger partial charge in [0, 0.05) is 34.2 Å². The molecule has 0 spiro atoms. The molecule has 0 aliphatic heterocycles. The van der Waals surface area contributed by atoms with Crippen molar-refractivity contribution in [2.24, 2.45) is 0 Å². The third-order valence-corrected chi connectivity index (χ3v) is 4.90. The molecule has 8 nitrogen and oxygen atoms in total. The van der Waals surface area contributed by atoms with Crippen molar-refractivity contribution in [3.8, 4) is 22.9 Å². The lowest BCUT2D eigenvalue weighted by Gasteiger charge is -2.14. The highest BCUT2D eigenvalue weighted by Gasteiger charge is 2.13. The van der Waals surface area contributed by atoms with Gasteiger partial charge in [0.2, 0.25) is 5.82 Å². The number of hydrogen-bond donors (Lipinski definition) is 2. The van der Waals surface area contributed by atoms with Crippen molar-refractivity contribution in [3.63, 3.8) is 0 Å². The Morgan fingerprint density at radius 1 is 1.03 bits per heavy atom. The van der Waals surface area contributed by atoms with Gasteiger partial charge in [0.25, 0.3) is 0 Å². The second kappa shape index (κ2) is 9.04. The maximum atomic E-state index is 13.6. The van der Waals surface area contributed by atoms with Crippen LogP contribution in [0.1, 0.15) is 13.8 Å². The molecule has 0 radical (unpaired) electrons. The number of H-pyrrole nitrogens is 1. The van der Waals surface area contributed by atoms with Gasteiger partial charge in [0.1, 0.15) is 11.6 Å². The van der Waals surface area contributed by atoms with Crippen LogP contribution in [0, 0.1) is 11.6 Å². The van der Waals surface area contributed by atoms with Crippen molar-refractivity contribution >= 4 is 23.4 Å². The summed E-state index contributed by atoms with van der Waals surface area (Å²) in [5.74, 6) is -0.145. The summed E-state index contributed by atoms with van der Waals surface area (Å²) in [5.41, 5.74) is 0.689. The molecule has 0 unspecified atom stereocenters. The van der Waals surface area contributed by atoms with Crippen LogP contribution in [0.3, 0.4) is 0 Å². The Labute approximate surface area is 180 Å². The van der Waals surface area contributed by atoms with E-state index in [0.717, 1.165) is 17.0 Å².